The zero-order valence-corrected chi connectivity index (χ0v) is 45.7. The Bertz CT molecular complexity index is 2650. The van der Waals surface area contributed by atoms with E-state index in [2.05, 4.69) is 31.6 Å². The lowest BCUT2D eigenvalue weighted by molar-refractivity contribution is -0.270. The fourth-order valence-electron chi connectivity index (χ4n) is 9.70. The molecular formula is C58H79N9O13. The highest BCUT2D eigenvalue weighted by atomic mass is 16.7. The van der Waals surface area contributed by atoms with Crippen molar-refractivity contribution < 1.29 is 63.1 Å². The number of fused-ring (bicyclic) bond motifs is 5. The number of nitrogens with two attached hydrogens (primary N) is 1. The molecular weight excluding hydrogens is 1030 g/mol. The fraction of sp³-hybridized carbons (Fsp3) is 0.534. The van der Waals surface area contributed by atoms with Crippen molar-refractivity contribution in [2.24, 2.45) is 5.73 Å². The van der Waals surface area contributed by atoms with E-state index in [9.17, 15) is 48.9 Å². The lowest BCUT2D eigenvalue weighted by Gasteiger charge is -2.42. The first kappa shape index (κ1) is 62.1. The Balaban J connectivity index is 0.922. The van der Waals surface area contributed by atoms with Crippen LogP contribution in [0.2, 0.25) is 0 Å². The topological polar surface area (TPSA) is 316 Å². The highest BCUT2D eigenvalue weighted by Crippen LogP contribution is 2.41. The molecule has 1 fully saturated rings. The minimum absolute atomic E-state index is 0.000709. The number of carbonyl (C=O) groups excluding carboxylic acids is 7. The number of hydrogen-bond donors (Lipinski definition) is 8. The van der Waals surface area contributed by atoms with E-state index in [1.165, 1.54) is 6.92 Å². The molecule has 3 aromatic carbocycles. The Kier molecular flexibility index (Phi) is 25.5. The van der Waals surface area contributed by atoms with Crippen LogP contribution in [0.1, 0.15) is 127 Å². The maximum absolute atomic E-state index is 14.1. The van der Waals surface area contributed by atoms with Crippen molar-refractivity contribution in [1.82, 2.24) is 36.3 Å². The number of unbranched alkanes of at least 4 members (excludes halogenated alkanes) is 8. The predicted octanol–water partition coefficient (Wildman–Crippen LogP) is 4.00. The van der Waals surface area contributed by atoms with Crippen molar-refractivity contribution in [3.8, 4) is 22.5 Å². The van der Waals surface area contributed by atoms with Crippen LogP contribution in [0.25, 0.3) is 22.5 Å². The number of nitrogens with zero attached hydrogens (tertiary/aromatic N) is 4. The maximum Gasteiger partial charge on any atom is 0.306 e. The monoisotopic (exact) mass is 1110 g/mol. The number of rotatable bonds is 33. The number of aliphatic hydroxyl groups is 3. The molecule has 6 atom stereocenters. The van der Waals surface area contributed by atoms with E-state index in [0.29, 0.717) is 88.8 Å². The number of nitrogens with one attached hydrogen (secondary N) is 4. The lowest BCUT2D eigenvalue weighted by Crippen LogP contribution is -2.64. The number of benzene rings is 3. The molecule has 6 amide bonds. The molecule has 0 saturated carbocycles. The third kappa shape index (κ3) is 19.3. The highest BCUT2D eigenvalue weighted by molar-refractivity contribution is 6.01. The van der Waals surface area contributed by atoms with Crippen LogP contribution in [0, 0.1) is 0 Å². The maximum atomic E-state index is 14.1. The van der Waals surface area contributed by atoms with Gasteiger partial charge in [0.25, 0.3) is 0 Å². The minimum Gasteiger partial charge on any atom is -0.461 e. The van der Waals surface area contributed by atoms with Crippen molar-refractivity contribution in [2.45, 2.75) is 172 Å². The second-order valence-electron chi connectivity index (χ2n) is 20.3. The molecule has 434 valence electrons. The van der Waals surface area contributed by atoms with E-state index in [1.807, 2.05) is 83.5 Å². The second kappa shape index (κ2) is 32.8. The van der Waals surface area contributed by atoms with Crippen molar-refractivity contribution in [1.29, 1.82) is 0 Å². The van der Waals surface area contributed by atoms with Crippen molar-refractivity contribution in [3.63, 3.8) is 0 Å². The summed E-state index contributed by atoms with van der Waals surface area (Å²) in [5.74, 6) is -2.46. The summed E-state index contributed by atoms with van der Waals surface area (Å²) in [4.78, 5) is 90.7. The van der Waals surface area contributed by atoms with Crippen LogP contribution >= 0.6 is 0 Å². The Hall–Kier alpha value is -7.11. The number of ether oxygens (including phenoxy) is 3. The van der Waals surface area contributed by atoms with Crippen molar-refractivity contribution in [2.75, 3.05) is 31.2 Å². The van der Waals surface area contributed by atoms with Crippen molar-refractivity contribution >= 4 is 47.1 Å². The number of aliphatic hydroxyl groups excluding tert-OH is 3. The van der Waals surface area contributed by atoms with Gasteiger partial charge in [0.15, 0.2) is 6.29 Å². The van der Waals surface area contributed by atoms with E-state index < -0.39 is 61.0 Å². The van der Waals surface area contributed by atoms with Gasteiger partial charge in [-0.3, -0.25) is 33.6 Å². The Labute approximate surface area is 466 Å². The number of aryl methyl sites for hydroxylation is 1. The highest BCUT2D eigenvalue weighted by Gasteiger charge is 2.45. The van der Waals surface area contributed by atoms with E-state index >= 15 is 0 Å². The standard InChI is InChI=1S/C58H79N9O13/c1-39(69)62-53-56(76)55(75)46(37-68)80-58(53)78-35-19-5-4-17-33-61-57(77)44(28-29-47(59)70)63-49(72)26-10-7-18-34-67-54-43-24-14-15-25-45(43)66(36-41-22-12-13-23-42(41)52(54)64-65-67)50(73)31-30-48(71)60-32-16-3-2-11-27-51(74)79-38-40-20-8-6-9-21-40/h6,8-9,12-15,20-25,44,46,53,55-56,58,68,75-76H,2-5,7,10-11,16-19,26-38H2,1H3,(H2,59,70)(H,60,71)(H,61,77)(H,62,69)(H,63,72)/t44?,46-,53-,55+,56-,58-/m1/s1. The summed E-state index contributed by atoms with van der Waals surface area (Å²) >= 11 is 0. The fourth-order valence-corrected chi connectivity index (χ4v) is 9.70. The van der Waals surface area contributed by atoms with E-state index in [-0.39, 0.29) is 75.6 Å². The molecule has 22 nitrogen and oxygen atoms in total. The third-order valence-electron chi connectivity index (χ3n) is 14.0. The molecule has 2 aliphatic rings. The summed E-state index contributed by atoms with van der Waals surface area (Å²) in [6.07, 6.45) is 3.00. The second-order valence-corrected chi connectivity index (χ2v) is 20.3. The first-order valence-corrected chi connectivity index (χ1v) is 28.0. The molecule has 0 bridgehead atoms. The van der Waals surface area contributed by atoms with Crippen LogP contribution < -0.4 is 31.9 Å². The number of aromatic nitrogens is 3. The summed E-state index contributed by atoms with van der Waals surface area (Å²) < 4.78 is 18.5. The molecule has 22 heteroatoms. The average Bonchev–Trinajstić information content (AvgIpc) is 3.90. The van der Waals surface area contributed by atoms with Gasteiger partial charge in [0, 0.05) is 76.4 Å². The number of hydrogen-bond acceptors (Lipinski definition) is 15. The lowest BCUT2D eigenvalue weighted by atomic mass is 9.95. The zero-order chi connectivity index (χ0) is 57.2. The Morgan fingerprint density at radius 1 is 0.738 bits per heavy atom. The van der Waals surface area contributed by atoms with Gasteiger partial charge in [-0.05, 0) is 62.1 Å². The normalized spacial score (nSPS) is 17.8. The molecule has 0 spiro atoms. The van der Waals surface area contributed by atoms with Gasteiger partial charge in [-0.2, -0.15) is 0 Å². The number of esters is 1. The molecule has 1 aromatic heterocycles. The number of primary amides is 1. The smallest absolute Gasteiger partial charge is 0.306 e. The molecule has 2 aliphatic heterocycles. The van der Waals surface area contributed by atoms with Gasteiger partial charge in [-0.15, -0.1) is 5.10 Å². The van der Waals surface area contributed by atoms with Gasteiger partial charge in [-0.1, -0.05) is 110 Å². The molecule has 1 saturated heterocycles. The Morgan fingerprint density at radius 2 is 1.41 bits per heavy atom. The van der Waals surface area contributed by atoms with Gasteiger partial charge in [-0.25, -0.2) is 4.68 Å². The predicted molar refractivity (Wildman–Crippen MR) is 295 cm³/mol. The number of carbonyl (C=O) groups is 7. The molecule has 0 radical (unpaired) electrons. The first-order chi connectivity index (χ1) is 38.7. The SMILES string of the molecule is CC(=O)N[C@H]1[C@H](OCCCCCCNC(=O)C(CCC(N)=O)NC(=O)CCCCCn2nnc3c2-c2ccccc2N(C(=O)CCC(=O)NCCCCCCC(=O)OCc2ccccc2)Cc2ccccc2-3)O[C@H](CO)[C@H](O)[C@@H]1O. The number of amides is 6. The van der Waals surface area contributed by atoms with Gasteiger partial charge < -0.3 is 61.4 Å². The molecule has 0 aliphatic carbocycles. The summed E-state index contributed by atoms with van der Waals surface area (Å²) in [5.41, 5.74) is 10.9. The summed E-state index contributed by atoms with van der Waals surface area (Å²) in [6.45, 7) is 2.70. The van der Waals surface area contributed by atoms with Crippen LogP contribution in [0.4, 0.5) is 5.69 Å². The van der Waals surface area contributed by atoms with Crippen LogP contribution in [0.3, 0.4) is 0 Å². The molecule has 4 aromatic rings. The largest absolute Gasteiger partial charge is 0.461 e. The van der Waals surface area contributed by atoms with Crippen LogP contribution in [-0.4, -0.2) is 135 Å². The first-order valence-electron chi connectivity index (χ1n) is 28.0. The van der Waals surface area contributed by atoms with E-state index in [0.717, 1.165) is 47.2 Å². The number of anilines is 1. The van der Waals surface area contributed by atoms with Gasteiger partial charge in [0.05, 0.1) is 24.5 Å². The van der Waals surface area contributed by atoms with Crippen LogP contribution in [0.15, 0.2) is 78.9 Å². The summed E-state index contributed by atoms with van der Waals surface area (Å²) in [5, 5.41) is 50.5. The molecule has 6 rings (SSSR count). The number of para-hydroxylation sites is 1. The quantitative estimate of drug-likeness (QED) is 0.0247. The summed E-state index contributed by atoms with van der Waals surface area (Å²) in [7, 11) is 0. The van der Waals surface area contributed by atoms with Crippen LogP contribution in [-0.2, 0) is 67.5 Å². The van der Waals surface area contributed by atoms with E-state index in [4.69, 9.17) is 19.9 Å². The summed E-state index contributed by atoms with van der Waals surface area (Å²) in [6, 6.07) is 22.9. The molecule has 1 unspecified atom stereocenters. The zero-order valence-electron chi connectivity index (χ0n) is 45.7. The van der Waals surface area contributed by atoms with Gasteiger partial charge in [0.2, 0.25) is 35.4 Å². The molecule has 80 heavy (non-hydrogen) atoms. The van der Waals surface area contributed by atoms with Gasteiger partial charge >= 0.3 is 5.97 Å². The van der Waals surface area contributed by atoms with Crippen molar-refractivity contribution in [3.05, 3.63) is 90.0 Å². The molecule has 9 N–H and O–H groups in total. The molecule has 3 heterocycles. The Morgan fingerprint density at radius 3 is 2.16 bits per heavy atom. The van der Waals surface area contributed by atoms with Crippen LogP contribution in [0.5, 0.6) is 0 Å². The minimum atomic E-state index is -1.41. The third-order valence-corrected chi connectivity index (χ3v) is 14.0. The average molecular weight is 1110 g/mol. The van der Waals surface area contributed by atoms with Gasteiger partial charge in [0.1, 0.15) is 42.7 Å². The van der Waals surface area contributed by atoms with E-state index in [1.54, 1.807) is 4.90 Å².